The van der Waals surface area contributed by atoms with Gasteiger partial charge in [0.1, 0.15) is 0 Å². The van der Waals surface area contributed by atoms with Crippen LogP contribution in [0.15, 0.2) is 23.2 Å². The minimum atomic E-state index is -0.359. The topological polar surface area (TPSA) is 49.7 Å². The summed E-state index contributed by atoms with van der Waals surface area (Å²) in [6, 6.07) is 6.09. The van der Waals surface area contributed by atoms with Crippen molar-refractivity contribution >= 4 is 17.7 Å². The van der Waals surface area contributed by atoms with E-state index in [1.165, 1.54) is 5.56 Å². The lowest BCUT2D eigenvalue weighted by Gasteiger charge is -2.17. The Hall–Kier alpha value is -1.93. The third kappa shape index (κ3) is 1.57. The number of nitrogens with zero attached hydrogens (tertiary/aromatic N) is 2. The third-order valence-corrected chi connectivity index (χ3v) is 3.88. The van der Waals surface area contributed by atoms with Gasteiger partial charge < -0.3 is 4.90 Å². The number of anilines is 1. The lowest BCUT2D eigenvalue weighted by molar-refractivity contribution is -0.116. The molecule has 1 heterocycles. The van der Waals surface area contributed by atoms with Crippen LogP contribution < -0.4 is 4.90 Å². The smallest absolute Gasteiger partial charge is 0.235 e. The molecule has 1 fully saturated rings. The maximum absolute atomic E-state index is 11.6. The molecule has 4 heteroatoms. The number of rotatable bonds is 2. The van der Waals surface area contributed by atoms with Gasteiger partial charge in [0, 0.05) is 19.2 Å². The van der Waals surface area contributed by atoms with Crippen LogP contribution in [-0.4, -0.2) is 18.5 Å². The van der Waals surface area contributed by atoms with E-state index in [1.807, 2.05) is 18.2 Å². The summed E-state index contributed by atoms with van der Waals surface area (Å²) < 4.78 is 0. The number of carbonyl (C=O) groups excluding carboxylic acids is 2. The van der Waals surface area contributed by atoms with E-state index in [9.17, 15) is 9.59 Å². The second-order valence-corrected chi connectivity index (χ2v) is 5.00. The number of fused-ring (bicyclic) bond motifs is 1. The van der Waals surface area contributed by atoms with Crippen LogP contribution in [-0.2, 0) is 21.5 Å². The fourth-order valence-electron chi connectivity index (χ4n) is 2.67. The van der Waals surface area contributed by atoms with E-state index in [0.717, 1.165) is 37.1 Å². The Bertz CT molecular complexity index is 569. The predicted molar refractivity (Wildman–Crippen MR) is 67.2 cm³/mol. The van der Waals surface area contributed by atoms with Crippen molar-refractivity contribution in [3.8, 4) is 0 Å². The Labute approximate surface area is 105 Å². The summed E-state index contributed by atoms with van der Waals surface area (Å²) >= 11 is 0. The van der Waals surface area contributed by atoms with Crippen LogP contribution in [0.25, 0.3) is 0 Å². The van der Waals surface area contributed by atoms with Gasteiger partial charge in [-0.2, -0.15) is 4.99 Å². The highest BCUT2D eigenvalue weighted by Crippen LogP contribution is 2.50. The van der Waals surface area contributed by atoms with Crippen molar-refractivity contribution in [2.24, 2.45) is 4.99 Å². The first-order valence-corrected chi connectivity index (χ1v) is 6.17. The Morgan fingerprint density at radius 1 is 1.44 bits per heavy atom. The van der Waals surface area contributed by atoms with Crippen LogP contribution in [0.3, 0.4) is 0 Å². The monoisotopic (exact) mass is 242 g/mol. The molecule has 4 nitrogen and oxygen atoms in total. The molecule has 0 spiro atoms. The summed E-state index contributed by atoms with van der Waals surface area (Å²) in [7, 11) is 0. The largest absolute Gasteiger partial charge is 0.312 e. The molecule has 2 aliphatic rings. The lowest BCUT2D eigenvalue weighted by atomic mass is 10.0. The number of carbonyl (C=O) groups is 1. The van der Waals surface area contributed by atoms with Gasteiger partial charge in [-0.25, -0.2) is 4.79 Å². The molecule has 0 atom stereocenters. The highest BCUT2D eigenvalue weighted by Gasteiger charge is 2.45. The highest BCUT2D eigenvalue weighted by atomic mass is 16.2. The van der Waals surface area contributed by atoms with Crippen molar-refractivity contribution in [2.75, 3.05) is 11.4 Å². The number of hydrogen-bond donors (Lipinski definition) is 0. The van der Waals surface area contributed by atoms with E-state index in [2.05, 4.69) is 4.99 Å². The van der Waals surface area contributed by atoms with Crippen molar-refractivity contribution in [3.63, 3.8) is 0 Å². The van der Waals surface area contributed by atoms with E-state index < -0.39 is 0 Å². The van der Waals surface area contributed by atoms with E-state index in [-0.39, 0.29) is 11.4 Å². The molecule has 1 aromatic rings. The quantitative estimate of drug-likeness (QED) is 0.587. The van der Waals surface area contributed by atoms with Gasteiger partial charge in [0.05, 0.1) is 5.54 Å². The lowest BCUT2D eigenvalue weighted by Crippen LogP contribution is -2.25. The average molecular weight is 242 g/mol. The summed E-state index contributed by atoms with van der Waals surface area (Å²) in [6.07, 6.45) is 4.35. The first-order valence-electron chi connectivity index (χ1n) is 6.17. The second-order valence-electron chi connectivity index (χ2n) is 5.00. The Morgan fingerprint density at radius 2 is 2.22 bits per heavy atom. The van der Waals surface area contributed by atoms with Crippen molar-refractivity contribution in [2.45, 2.75) is 31.7 Å². The molecule has 0 saturated heterocycles. The van der Waals surface area contributed by atoms with E-state index in [1.54, 1.807) is 17.9 Å². The minimum absolute atomic E-state index is 0.0645. The van der Waals surface area contributed by atoms with Gasteiger partial charge in [-0.3, -0.25) is 4.79 Å². The van der Waals surface area contributed by atoms with Gasteiger partial charge in [0.25, 0.3) is 0 Å². The summed E-state index contributed by atoms with van der Waals surface area (Å²) in [5.74, 6) is 0.0645. The van der Waals surface area contributed by atoms with Gasteiger partial charge in [-0.1, -0.05) is 12.1 Å². The number of amides is 1. The average Bonchev–Trinajstić information content (AvgIpc) is 3.01. The summed E-state index contributed by atoms with van der Waals surface area (Å²) in [4.78, 5) is 27.8. The first kappa shape index (κ1) is 11.2. The highest BCUT2D eigenvalue weighted by molar-refractivity contribution is 5.93. The van der Waals surface area contributed by atoms with Crippen LogP contribution in [0.2, 0.25) is 0 Å². The Morgan fingerprint density at radius 3 is 2.83 bits per heavy atom. The van der Waals surface area contributed by atoms with Gasteiger partial charge in [0.2, 0.25) is 12.0 Å². The molecule has 0 unspecified atom stereocenters. The van der Waals surface area contributed by atoms with Crippen LogP contribution in [0.5, 0.6) is 0 Å². The molecule has 1 aliphatic heterocycles. The summed E-state index contributed by atoms with van der Waals surface area (Å²) in [5, 5.41) is 0. The number of hydrogen-bond acceptors (Lipinski definition) is 3. The SMILES string of the molecule is CC(=O)N1CCc2ccc(C3(N=C=O)CC3)cc21. The van der Waals surface area contributed by atoms with E-state index in [0.29, 0.717) is 0 Å². The van der Waals surface area contributed by atoms with Gasteiger partial charge >= 0.3 is 0 Å². The molecule has 3 rings (SSSR count). The van der Waals surface area contributed by atoms with Crippen LogP contribution >= 0.6 is 0 Å². The van der Waals surface area contributed by atoms with E-state index in [4.69, 9.17) is 0 Å². The fraction of sp³-hybridized carbons (Fsp3) is 0.429. The fourth-order valence-corrected chi connectivity index (χ4v) is 2.67. The van der Waals surface area contributed by atoms with Crippen LogP contribution in [0.4, 0.5) is 5.69 Å². The van der Waals surface area contributed by atoms with Crippen LogP contribution in [0.1, 0.15) is 30.9 Å². The minimum Gasteiger partial charge on any atom is -0.312 e. The molecule has 0 bridgehead atoms. The molecule has 0 aromatic heterocycles. The maximum atomic E-state index is 11.6. The van der Waals surface area contributed by atoms with Crippen LogP contribution in [0, 0.1) is 0 Å². The Kier molecular flexibility index (Phi) is 2.35. The number of benzene rings is 1. The van der Waals surface area contributed by atoms with Gasteiger partial charge in [-0.05, 0) is 36.5 Å². The molecular formula is C14H14N2O2. The van der Waals surface area contributed by atoms with Gasteiger partial charge in [-0.15, -0.1) is 0 Å². The molecule has 1 saturated carbocycles. The predicted octanol–water partition coefficient (Wildman–Crippen LogP) is 1.92. The second kappa shape index (κ2) is 3.79. The molecular weight excluding hydrogens is 228 g/mol. The molecule has 0 radical (unpaired) electrons. The molecule has 1 aromatic carbocycles. The Balaban J connectivity index is 2.03. The standard InChI is InChI=1S/C14H14N2O2/c1-10(18)16-7-4-11-2-3-12(8-13(11)16)14(5-6-14)15-9-17/h2-3,8H,4-7H2,1H3. The molecule has 18 heavy (non-hydrogen) atoms. The van der Waals surface area contributed by atoms with Crippen molar-refractivity contribution < 1.29 is 9.59 Å². The maximum Gasteiger partial charge on any atom is 0.235 e. The normalized spacial score (nSPS) is 19.1. The molecule has 1 amide bonds. The zero-order valence-corrected chi connectivity index (χ0v) is 10.3. The summed E-state index contributed by atoms with van der Waals surface area (Å²) in [6.45, 7) is 2.33. The summed E-state index contributed by atoms with van der Waals surface area (Å²) in [5.41, 5.74) is 2.84. The van der Waals surface area contributed by atoms with Crippen molar-refractivity contribution in [3.05, 3.63) is 29.3 Å². The number of aliphatic imine (C=N–C) groups is 1. The van der Waals surface area contributed by atoms with Crippen molar-refractivity contribution in [1.29, 1.82) is 0 Å². The molecule has 92 valence electrons. The number of isocyanates is 1. The zero-order chi connectivity index (χ0) is 12.8. The first-order chi connectivity index (χ1) is 8.66. The third-order valence-electron chi connectivity index (χ3n) is 3.88. The zero-order valence-electron chi connectivity index (χ0n) is 10.3. The van der Waals surface area contributed by atoms with Gasteiger partial charge in [0.15, 0.2) is 0 Å². The molecule has 1 aliphatic carbocycles. The van der Waals surface area contributed by atoms with Crippen molar-refractivity contribution in [1.82, 2.24) is 0 Å². The molecule has 0 N–H and O–H groups in total. The van der Waals surface area contributed by atoms with E-state index >= 15 is 0 Å².